The van der Waals surface area contributed by atoms with Crippen LogP contribution in [0.1, 0.15) is 22.6 Å². The van der Waals surface area contributed by atoms with Crippen LogP contribution in [0, 0.1) is 0 Å². The van der Waals surface area contributed by atoms with Crippen molar-refractivity contribution in [3.8, 4) is 22.3 Å². The van der Waals surface area contributed by atoms with Crippen LogP contribution in [0.2, 0.25) is 0 Å². The van der Waals surface area contributed by atoms with E-state index in [4.69, 9.17) is 14.8 Å². The van der Waals surface area contributed by atoms with Crippen molar-refractivity contribution in [2.45, 2.75) is 5.92 Å². The molecule has 0 radical (unpaired) electrons. The summed E-state index contributed by atoms with van der Waals surface area (Å²) in [6.45, 7) is 0. The van der Waals surface area contributed by atoms with Crippen LogP contribution in [-0.4, -0.2) is 19.6 Å². The fourth-order valence-electron chi connectivity index (χ4n) is 4.59. The number of hydrogen-bond donors (Lipinski definition) is 0. The van der Waals surface area contributed by atoms with Crippen LogP contribution in [0.25, 0.3) is 27.1 Å². The Hall–Kier alpha value is -4.03. The van der Waals surface area contributed by atoms with Crippen LogP contribution in [0.5, 0.6) is 11.6 Å². The number of aromatic nitrogens is 4. The summed E-state index contributed by atoms with van der Waals surface area (Å²) in [6, 6.07) is 27.1. The van der Waals surface area contributed by atoms with E-state index >= 15 is 0 Å². The molecule has 1 aliphatic heterocycles. The molecule has 4 heterocycles. The maximum Gasteiger partial charge on any atom is 0.228 e. The van der Waals surface area contributed by atoms with E-state index in [-0.39, 0.29) is 5.92 Å². The van der Waals surface area contributed by atoms with Crippen molar-refractivity contribution in [3.05, 3.63) is 107 Å². The van der Waals surface area contributed by atoms with Gasteiger partial charge in [0, 0.05) is 11.5 Å². The largest absolute Gasteiger partial charge is 0.438 e. The van der Waals surface area contributed by atoms with E-state index < -0.39 is 0 Å². The van der Waals surface area contributed by atoms with Gasteiger partial charge in [0.05, 0.1) is 10.4 Å². The smallest absolute Gasteiger partial charge is 0.228 e. The third kappa shape index (κ3) is 2.53. The van der Waals surface area contributed by atoms with Gasteiger partial charge >= 0.3 is 0 Å². The zero-order chi connectivity index (χ0) is 21.1. The Bertz CT molecular complexity index is 1610. The van der Waals surface area contributed by atoms with E-state index in [1.54, 1.807) is 22.2 Å². The minimum Gasteiger partial charge on any atom is -0.438 e. The molecule has 152 valence electrons. The second-order valence-electron chi connectivity index (χ2n) is 7.79. The number of rotatable bonds is 2. The Kier molecular flexibility index (Phi) is 3.71. The molecular weight excluding hydrogens is 416 g/mol. The zero-order valence-electron chi connectivity index (χ0n) is 16.8. The predicted octanol–water partition coefficient (Wildman–Crippen LogP) is 6.29. The van der Waals surface area contributed by atoms with Gasteiger partial charge in [0.25, 0.3) is 0 Å². The van der Waals surface area contributed by atoms with Gasteiger partial charge in [-0.1, -0.05) is 66.7 Å². The molecule has 0 spiro atoms. The molecule has 0 fully saturated rings. The highest BCUT2D eigenvalue weighted by Crippen LogP contribution is 2.50. The molecule has 0 unspecified atom stereocenters. The number of thiophene rings is 1. The Labute approximate surface area is 187 Å². The van der Waals surface area contributed by atoms with Crippen molar-refractivity contribution >= 4 is 27.8 Å². The summed E-state index contributed by atoms with van der Waals surface area (Å²) in [5, 5.41) is 9.09. The summed E-state index contributed by atoms with van der Waals surface area (Å²) in [7, 11) is 0. The number of nitrogens with zero attached hydrogens (tertiary/aromatic N) is 4. The Morgan fingerprint density at radius 1 is 0.844 bits per heavy atom. The fourth-order valence-corrected chi connectivity index (χ4v) is 5.25. The molecule has 6 heteroatoms. The topological polar surface area (TPSA) is 52.3 Å². The third-order valence-corrected chi connectivity index (χ3v) is 6.84. The maximum atomic E-state index is 6.36. The van der Waals surface area contributed by atoms with Gasteiger partial charge in [-0.2, -0.15) is 0 Å². The molecule has 0 aliphatic carbocycles. The first-order chi connectivity index (χ1) is 15.9. The second-order valence-corrected chi connectivity index (χ2v) is 8.74. The molecule has 6 aromatic rings. The van der Waals surface area contributed by atoms with Gasteiger partial charge in [-0.15, -0.1) is 16.4 Å². The molecule has 0 saturated carbocycles. The van der Waals surface area contributed by atoms with Crippen molar-refractivity contribution in [2.75, 3.05) is 0 Å². The summed E-state index contributed by atoms with van der Waals surface area (Å²) in [4.78, 5) is 10.6. The lowest BCUT2D eigenvalue weighted by Crippen LogP contribution is -2.15. The van der Waals surface area contributed by atoms with Gasteiger partial charge < -0.3 is 4.74 Å². The van der Waals surface area contributed by atoms with Crippen LogP contribution in [0.3, 0.4) is 0 Å². The average molecular weight is 433 g/mol. The molecule has 0 N–H and O–H groups in total. The van der Waals surface area contributed by atoms with Gasteiger partial charge in [-0.05, 0) is 33.8 Å². The van der Waals surface area contributed by atoms with Gasteiger partial charge in [0.2, 0.25) is 5.88 Å². The van der Waals surface area contributed by atoms with Crippen molar-refractivity contribution in [1.82, 2.24) is 19.6 Å². The summed E-state index contributed by atoms with van der Waals surface area (Å²) >= 11 is 1.63. The maximum absolute atomic E-state index is 6.36. The summed E-state index contributed by atoms with van der Waals surface area (Å²) < 4.78 is 8.12. The van der Waals surface area contributed by atoms with Crippen molar-refractivity contribution < 1.29 is 4.74 Å². The molecule has 32 heavy (non-hydrogen) atoms. The van der Waals surface area contributed by atoms with E-state index in [0.29, 0.717) is 11.7 Å². The van der Waals surface area contributed by atoms with Crippen molar-refractivity contribution in [3.63, 3.8) is 0 Å². The van der Waals surface area contributed by atoms with Gasteiger partial charge in [-0.25, -0.2) is 14.5 Å². The van der Waals surface area contributed by atoms with Crippen LogP contribution >= 0.6 is 11.3 Å². The Balaban J connectivity index is 1.57. The third-order valence-electron chi connectivity index (χ3n) is 5.98. The van der Waals surface area contributed by atoms with Crippen LogP contribution in [0.4, 0.5) is 0 Å². The summed E-state index contributed by atoms with van der Waals surface area (Å²) in [6.07, 6.45) is 1.69. The molecule has 3 aromatic carbocycles. The molecule has 5 nitrogen and oxygen atoms in total. The first kappa shape index (κ1) is 17.6. The highest BCUT2D eigenvalue weighted by molar-refractivity contribution is 7.13. The number of hydrogen-bond acceptors (Lipinski definition) is 5. The normalized spacial score (nSPS) is 14.8. The van der Waals surface area contributed by atoms with E-state index in [1.165, 1.54) is 16.3 Å². The molecular formula is C26H16N4OS. The lowest BCUT2D eigenvalue weighted by molar-refractivity contribution is 0.433. The molecule has 0 saturated heterocycles. The van der Waals surface area contributed by atoms with Gasteiger partial charge in [-0.3, -0.25) is 0 Å². The first-order valence-electron chi connectivity index (χ1n) is 10.4. The van der Waals surface area contributed by atoms with E-state index in [1.807, 2.05) is 29.6 Å². The number of ether oxygens (including phenoxy) is 1. The minimum atomic E-state index is -0.0716. The molecule has 3 aromatic heterocycles. The lowest BCUT2D eigenvalue weighted by atomic mass is 9.81. The van der Waals surface area contributed by atoms with Crippen molar-refractivity contribution in [1.29, 1.82) is 0 Å². The molecule has 1 atom stereocenters. The molecule has 1 aliphatic rings. The predicted molar refractivity (Wildman–Crippen MR) is 126 cm³/mol. The van der Waals surface area contributed by atoms with Crippen molar-refractivity contribution in [2.24, 2.45) is 0 Å². The Morgan fingerprint density at radius 3 is 2.59 bits per heavy atom. The first-order valence-corrected chi connectivity index (χ1v) is 11.3. The van der Waals surface area contributed by atoms with E-state index in [0.717, 1.165) is 27.4 Å². The summed E-state index contributed by atoms with van der Waals surface area (Å²) in [5.74, 6) is 2.04. The Morgan fingerprint density at radius 2 is 1.72 bits per heavy atom. The zero-order valence-corrected chi connectivity index (χ0v) is 17.7. The van der Waals surface area contributed by atoms with E-state index in [2.05, 4.69) is 59.6 Å². The number of fused-ring (bicyclic) bond motifs is 6. The quantitative estimate of drug-likeness (QED) is 0.322. The SMILES string of the molecule is c1ccc([C@@H]2c3c(ccc4ccccc34)Oc3ncn4nc(-c5cccs5)nc4c32)cc1. The molecule has 7 rings (SSSR count). The highest BCUT2D eigenvalue weighted by atomic mass is 32.1. The second kappa shape index (κ2) is 6.73. The average Bonchev–Trinajstić information content (AvgIpc) is 3.53. The summed E-state index contributed by atoms with van der Waals surface area (Å²) in [5.41, 5.74) is 4.02. The molecule has 0 amide bonds. The van der Waals surface area contributed by atoms with Crippen LogP contribution < -0.4 is 4.74 Å². The van der Waals surface area contributed by atoms with Crippen LogP contribution in [0.15, 0.2) is 90.6 Å². The van der Waals surface area contributed by atoms with Crippen LogP contribution in [-0.2, 0) is 0 Å². The standard InChI is InChI=1S/C26H16N4OS/c1-2-8-17(9-3-1)21-22-18-10-5-4-7-16(18)12-13-19(22)31-26-23(21)25-28-24(20-11-6-14-32-20)29-30(25)15-27-26/h1-15,21H/t21-/m1/s1. The monoisotopic (exact) mass is 432 g/mol. The lowest BCUT2D eigenvalue weighted by Gasteiger charge is -2.29. The van der Waals surface area contributed by atoms with E-state index in [9.17, 15) is 0 Å². The minimum absolute atomic E-state index is 0.0716. The van der Waals surface area contributed by atoms with Gasteiger partial charge in [0.15, 0.2) is 11.5 Å². The van der Waals surface area contributed by atoms with Gasteiger partial charge in [0.1, 0.15) is 12.1 Å². The number of benzene rings is 3. The highest BCUT2D eigenvalue weighted by Gasteiger charge is 2.34. The fraction of sp³-hybridized carbons (Fsp3) is 0.0385. The molecule has 0 bridgehead atoms.